The van der Waals surface area contributed by atoms with E-state index in [1.807, 2.05) is 24.3 Å². The number of rotatable bonds is 7. The third-order valence-corrected chi connectivity index (χ3v) is 6.19. The van der Waals surface area contributed by atoms with Crippen LogP contribution in [0.3, 0.4) is 0 Å². The number of ether oxygens (including phenoxy) is 1. The smallest absolute Gasteiger partial charge is 0.341 e. The Morgan fingerprint density at radius 1 is 1.19 bits per heavy atom. The van der Waals surface area contributed by atoms with E-state index in [1.165, 1.54) is 33.3 Å². The Morgan fingerprint density at radius 3 is 2.55 bits per heavy atom. The summed E-state index contributed by atoms with van der Waals surface area (Å²) in [5.74, 6) is 6.00. The summed E-state index contributed by atoms with van der Waals surface area (Å²) in [4.78, 5) is 24.3. The molecule has 0 radical (unpaired) electrons. The number of nitrogens with zero attached hydrogens (tertiary/aromatic N) is 3. The molecule has 0 aliphatic rings. The van der Waals surface area contributed by atoms with Crippen LogP contribution in [0.15, 0.2) is 40.9 Å². The van der Waals surface area contributed by atoms with Gasteiger partial charge >= 0.3 is 5.97 Å². The van der Waals surface area contributed by atoms with Crippen LogP contribution in [0.4, 0.5) is 5.00 Å². The van der Waals surface area contributed by atoms with Gasteiger partial charge in [0.1, 0.15) is 5.00 Å². The van der Waals surface area contributed by atoms with Crippen LogP contribution in [0.25, 0.3) is 11.4 Å². The molecule has 0 unspecified atom stereocenters. The molecule has 3 aromatic rings. The quantitative estimate of drug-likeness (QED) is 0.313. The first-order valence-corrected chi connectivity index (χ1v) is 11.6. The van der Waals surface area contributed by atoms with Crippen molar-refractivity contribution >= 4 is 40.0 Å². The van der Waals surface area contributed by atoms with Crippen LogP contribution >= 0.6 is 23.1 Å². The van der Waals surface area contributed by atoms with Gasteiger partial charge in [0.2, 0.25) is 11.1 Å². The molecule has 10 heteroatoms. The predicted octanol–water partition coefficient (Wildman–Crippen LogP) is 3.93. The molecule has 3 N–H and O–H groups in total. The number of thioether (sulfide) groups is 1. The van der Waals surface area contributed by atoms with Crippen LogP contribution in [0.5, 0.6) is 0 Å². The average Bonchev–Trinajstić information content (AvgIpc) is 3.32. The second-order valence-electron chi connectivity index (χ2n) is 7.72. The van der Waals surface area contributed by atoms with Gasteiger partial charge in [0.05, 0.1) is 17.9 Å². The molecule has 0 fully saturated rings. The Labute approximate surface area is 189 Å². The van der Waals surface area contributed by atoms with Crippen molar-refractivity contribution < 1.29 is 14.3 Å². The van der Waals surface area contributed by atoms with E-state index in [2.05, 4.69) is 36.3 Å². The second-order valence-corrected chi connectivity index (χ2v) is 9.58. The summed E-state index contributed by atoms with van der Waals surface area (Å²) in [6.07, 6.45) is 0. The first-order chi connectivity index (χ1) is 14.7. The molecule has 0 saturated carbocycles. The van der Waals surface area contributed by atoms with Crippen molar-refractivity contribution in [3.05, 3.63) is 46.8 Å². The lowest BCUT2D eigenvalue weighted by Gasteiger charge is -2.19. The van der Waals surface area contributed by atoms with Crippen molar-refractivity contribution in [3.63, 3.8) is 0 Å². The van der Waals surface area contributed by atoms with Crippen LogP contribution in [-0.4, -0.2) is 39.1 Å². The molecule has 8 nitrogen and oxygen atoms in total. The Bertz CT molecular complexity index is 1070. The number of amides is 1. The van der Waals surface area contributed by atoms with Crippen LogP contribution < -0.4 is 11.2 Å². The molecular weight excluding hydrogens is 434 g/mol. The summed E-state index contributed by atoms with van der Waals surface area (Å²) in [5, 5.41) is 13.6. The van der Waals surface area contributed by atoms with Gasteiger partial charge in [0.15, 0.2) is 5.82 Å². The lowest BCUT2D eigenvalue weighted by atomic mass is 9.87. The molecule has 0 saturated heterocycles. The van der Waals surface area contributed by atoms with Crippen LogP contribution in [0.1, 0.15) is 43.6 Å². The first-order valence-electron chi connectivity index (χ1n) is 9.69. The van der Waals surface area contributed by atoms with Crippen molar-refractivity contribution in [2.45, 2.75) is 38.3 Å². The number of anilines is 1. The molecule has 2 aromatic heterocycles. The molecule has 0 aliphatic carbocycles. The number of benzene rings is 1. The van der Waals surface area contributed by atoms with Gasteiger partial charge in [-0.2, -0.15) is 0 Å². The van der Waals surface area contributed by atoms with Gasteiger partial charge in [0.25, 0.3) is 0 Å². The Kier molecular flexibility index (Phi) is 7.01. The molecule has 0 bridgehead atoms. The molecule has 3 rings (SSSR count). The van der Waals surface area contributed by atoms with Crippen molar-refractivity contribution in [2.75, 3.05) is 23.5 Å². The van der Waals surface area contributed by atoms with E-state index in [0.29, 0.717) is 21.5 Å². The maximum atomic E-state index is 12.4. The van der Waals surface area contributed by atoms with Gasteiger partial charge in [-0.3, -0.25) is 4.79 Å². The molecule has 2 heterocycles. The summed E-state index contributed by atoms with van der Waals surface area (Å²) in [6.45, 7) is 8.46. The van der Waals surface area contributed by atoms with E-state index in [1.54, 1.807) is 18.4 Å². The van der Waals surface area contributed by atoms with Crippen LogP contribution in [-0.2, 0) is 14.9 Å². The number of carbonyl (C=O) groups excluding carboxylic acids is 2. The minimum Gasteiger partial charge on any atom is -0.462 e. The Balaban J connectivity index is 1.63. The summed E-state index contributed by atoms with van der Waals surface area (Å²) >= 11 is 2.43. The van der Waals surface area contributed by atoms with Crippen LogP contribution in [0, 0.1) is 0 Å². The molecule has 0 aliphatic heterocycles. The highest BCUT2D eigenvalue weighted by Gasteiger charge is 2.19. The monoisotopic (exact) mass is 459 g/mol. The molecule has 0 spiro atoms. The maximum absolute atomic E-state index is 12.4. The van der Waals surface area contributed by atoms with Gasteiger partial charge in [-0.15, -0.1) is 21.5 Å². The SMILES string of the molecule is CCOC(=O)c1ccsc1NC(=O)CSc1nnc(-c2ccc(C(C)(C)C)cc2)n1N. The molecule has 1 amide bonds. The zero-order valence-corrected chi connectivity index (χ0v) is 19.5. The molecule has 31 heavy (non-hydrogen) atoms. The Morgan fingerprint density at radius 2 is 1.90 bits per heavy atom. The standard InChI is InChI=1S/C21H25N5O3S2/c1-5-29-19(28)15-10-11-30-18(15)23-16(27)12-31-20-25-24-17(26(20)22)13-6-8-14(9-7-13)21(2,3)4/h6-11H,5,12,22H2,1-4H3,(H,23,27). The average molecular weight is 460 g/mol. The summed E-state index contributed by atoms with van der Waals surface area (Å²) in [7, 11) is 0. The van der Waals surface area contributed by atoms with E-state index < -0.39 is 5.97 Å². The Hall–Kier alpha value is -2.85. The molecule has 0 atom stereocenters. The van der Waals surface area contributed by atoms with Crippen LogP contribution in [0.2, 0.25) is 0 Å². The predicted molar refractivity (Wildman–Crippen MR) is 124 cm³/mol. The molecule has 1 aromatic carbocycles. The van der Waals surface area contributed by atoms with Crippen molar-refractivity contribution in [1.82, 2.24) is 14.9 Å². The first kappa shape index (κ1) is 22.8. The normalized spacial score (nSPS) is 11.4. The minimum absolute atomic E-state index is 0.0546. The number of carbonyl (C=O) groups is 2. The topological polar surface area (TPSA) is 112 Å². The van der Waals surface area contributed by atoms with Gasteiger partial charge in [0, 0.05) is 5.56 Å². The fourth-order valence-electron chi connectivity index (χ4n) is 2.76. The molecular formula is C21H25N5O3S2. The zero-order valence-electron chi connectivity index (χ0n) is 17.8. The van der Waals surface area contributed by atoms with Gasteiger partial charge in [-0.1, -0.05) is 56.8 Å². The largest absolute Gasteiger partial charge is 0.462 e. The highest BCUT2D eigenvalue weighted by molar-refractivity contribution is 7.99. The van der Waals surface area contributed by atoms with Crippen molar-refractivity contribution in [2.24, 2.45) is 0 Å². The van der Waals surface area contributed by atoms with Gasteiger partial charge in [-0.05, 0) is 29.3 Å². The van der Waals surface area contributed by atoms with Crippen molar-refractivity contribution in [3.8, 4) is 11.4 Å². The second kappa shape index (κ2) is 9.52. The van der Waals surface area contributed by atoms with Gasteiger partial charge < -0.3 is 15.9 Å². The summed E-state index contributed by atoms with van der Waals surface area (Å²) in [6, 6.07) is 9.64. The minimum atomic E-state index is -0.462. The third kappa shape index (κ3) is 5.45. The number of nitrogens with two attached hydrogens (primary N) is 1. The zero-order chi connectivity index (χ0) is 22.6. The van der Waals surface area contributed by atoms with E-state index >= 15 is 0 Å². The molecule has 164 valence electrons. The number of nitrogen functional groups attached to an aromatic ring is 1. The number of hydrogen-bond donors (Lipinski definition) is 2. The maximum Gasteiger partial charge on any atom is 0.341 e. The fourth-order valence-corrected chi connectivity index (χ4v) is 4.21. The van der Waals surface area contributed by atoms with E-state index in [-0.39, 0.29) is 23.7 Å². The summed E-state index contributed by atoms with van der Waals surface area (Å²) in [5.41, 5.74) is 2.45. The number of nitrogens with one attached hydrogen (secondary N) is 1. The summed E-state index contributed by atoms with van der Waals surface area (Å²) < 4.78 is 6.37. The van der Waals surface area contributed by atoms with E-state index in [9.17, 15) is 9.59 Å². The van der Waals surface area contributed by atoms with Gasteiger partial charge in [-0.25, -0.2) is 9.47 Å². The number of esters is 1. The van der Waals surface area contributed by atoms with E-state index in [0.717, 1.165) is 5.56 Å². The number of hydrogen-bond acceptors (Lipinski definition) is 8. The lowest BCUT2D eigenvalue weighted by Crippen LogP contribution is -2.17. The lowest BCUT2D eigenvalue weighted by molar-refractivity contribution is -0.113. The highest BCUT2D eigenvalue weighted by Crippen LogP contribution is 2.27. The van der Waals surface area contributed by atoms with E-state index in [4.69, 9.17) is 10.6 Å². The third-order valence-electron chi connectivity index (χ3n) is 4.42. The van der Waals surface area contributed by atoms with Crippen molar-refractivity contribution in [1.29, 1.82) is 0 Å². The fraction of sp³-hybridized carbons (Fsp3) is 0.333. The highest BCUT2D eigenvalue weighted by atomic mass is 32.2. The number of thiophene rings is 1. The number of aromatic nitrogens is 3.